The zero-order valence-electron chi connectivity index (χ0n) is 12.5. The van der Waals surface area contributed by atoms with Gasteiger partial charge in [-0.05, 0) is 33.1 Å². The van der Waals surface area contributed by atoms with E-state index in [1.54, 1.807) is 20.8 Å². The van der Waals surface area contributed by atoms with Crippen molar-refractivity contribution in [2.24, 2.45) is 11.8 Å². The summed E-state index contributed by atoms with van der Waals surface area (Å²) in [6, 6.07) is 0. The largest absolute Gasteiger partial charge is 0.501 e. The van der Waals surface area contributed by atoms with Crippen LogP contribution < -0.4 is 0 Å². The minimum Gasteiger partial charge on any atom is -0.444 e. The van der Waals surface area contributed by atoms with Crippen LogP contribution in [0.5, 0.6) is 0 Å². The third kappa shape index (κ3) is 3.23. The molecule has 1 saturated heterocycles. The van der Waals surface area contributed by atoms with E-state index in [0.29, 0.717) is 0 Å². The number of halogens is 3. The molecule has 0 saturated carbocycles. The number of amides is 1. The van der Waals surface area contributed by atoms with Crippen molar-refractivity contribution < 1.29 is 31.1 Å². The molecule has 0 spiro atoms. The Morgan fingerprint density at radius 1 is 1.27 bits per heavy atom. The van der Waals surface area contributed by atoms with Crippen LogP contribution in [0.4, 0.5) is 18.0 Å². The average molecular weight is 341 g/mol. The number of rotatable bonds is 1. The SMILES string of the molecule is CC(C)(C)OC(=O)N1CC2C=C(S(=O)(=O)C(F)(F)F)CC2C1. The van der Waals surface area contributed by atoms with Crippen LogP contribution in [0, 0.1) is 11.8 Å². The number of alkyl halides is 3. The molecule has 1 aliphatic heterocycles. The normalized spacial score (nSPS) is 25.9. The lowest BCUT2D eigenvalue weighted by Crippen LogP contribution is -2.36. The number of likely N-dealkylation sites (tertiary alicyclic amines) is 1. The van der Waals surface area contributed by atoms with Crippen LogP contribution in [0.25, 0.3) is 0 Å². The lowest BCUT2D eigenvalue weighted by atomic mass is 10.0. The summed E-state index contributed by atoms with van der Waals surface area (Å²) < 4.78 is 65.6. The van der Waals surface area contributed by atoms with Gasteiger partial charge in [0.2, 0.25) is 0 Å². The number of carbonyl (C=O) groups excluding carboxylic acids is 1. The average Bonchev–Trinajstić information content (AvgIpc) is 2.81. The molecule has 1 fully saturated rings. The first-order valence-corrected chi connectivity index (χ1v) is 8.29. The number of hydrogen-bond donors (Lipinski definition) is 0. The molecule has 0 aromatic heterocycles. The fourth-order valence-corrected chi connectivity index (χ4v) is 3.77. The van der Waals surface area contributed by atoms with Crippen LogP contribution in [0.3, 0.4) is 0 Å². The van der Waals surface area contributed by atoms with E-state index >= 15 is 0 Å². The summed E-state index contributed by atoms with van der Waals surface area (Å²) >= 11 is 0. The fourth-order valence-electron chi connectivity index (χ4n) is 2.69. The van der Waals surface area contributed by atoms with Crippen molar-refractivity contribution >= 4 is 15.9 Å². The number of fused-ring (bicyclic) bond motifs is 1. The molecule has 2 rings (SSSR count). The summed E-state index contributed by atoms with van der Waals surface area (Å²) in [5, 5.41) is 0. The quantitative estimate of drug-likeness (QED) is 0.736. The van der Waals surface area contributed by atoms with Gasteiger partial charge in [-0.15, -0.1) is 0 Å². The second kappa shape index (κ2) is 5.14. The number of nitrogens with zero attached hydrogens (tertiary/aromatic N) is 1. The highest BCUT2D eigenvalue weighted by atomic mass is 32.2. The molecule has 5 nitrogen and oxygen atoms in total. The Bertz CT molecular complexity index is 604. The minimum absolute atomic E-state index is 0.177. The highest BCUT2D eigenvalue weighted by Crippen LogP contribution is 2.43. The van der Waals surface area contributed by atoms with Crippen LogP contribution in [-0.2, 0) is 14.6 Å². The number of carbonyl (C=O) groups is 1. The highest BCUT2D eigenvalue weighted by Gasteiger charge is 2.52. The zero-order chi connectivity index (χ0) is 16.9. The first-order chi connectivity index (χ1) is 9.81. The van der Waals surface area contributed by atoms with Gasteiger partial charge in [0.25, 0.3) is 9.84 Å². The van der Waals surface area contributed by atoms with E-state index in [0.717, 1.165) is 6.08 Å². The van der Waals surface area contributed by atoms with Gasteiger partial charge in [-0.1, -0.05) is 6.08 Å². The summed E-state index contributed by atoms with van der Waals surface area (Å²) in [5.41, 5.74) is -5.93. The molecule has 126 valence electrons. The monoisotopic (exact) mass is 341 g/mol. The van der Waals surface area contributed by atoms with E-state index in [-0.39, 0.29) is 31.3 Å². The number of sulfone groups is 1. The van der Waals surface area contributed by atoms with Crippen LogP contribution in [0.2, 0.25) is 0 Å². The summed E-state index contributed by atoms with van der Waals surface area (Å²) in [6.07, 6.45) is 0.416. The van der Waals surface area contributed by atoms with E-state index in [9.17, 15) is 26.4 Å². The van der Waals surface area contributed by atoms with Gasteiger partial charge in [0.05, 0.1) is 4.91 Å². The lowest BCUT2D eigenvalue weighted by Gasteiger charge is -2.24. The summed E-state index contributed by atoms with van der Waals surface area (Å²) in [5.74, 6) is -0.681. The Labute approximate surface area is 127 Å². The summed E-state index contributed by atoms with van der Waals surface area (Å²) in [6.45, 7) is 5.53. The maximum atomic E-state index is 12.5. The number of hydrogen-bond acceptors (Lipinski definition) is 4. The second-order valence-electron chi connectivity index (χ2n) is 6.60. The molecule has 2 unspecified atom stereocenters. The van der Waals surface area contributed by atoms with Crippen LogP contribution in [0.15, 0.2) is 11.0 Å². The van der Waals surface area contributed by atoms with Crippen molar-refractivity contribution in [3.63, 3.8) is 0 Å². The number of ether oxygens (including phenoxy) is 1. The number of allylic oxidation sites excluding steroid dienone is 1. The molecule has 1 amide bonds. The van der Waals surface area contributed by atoms with Crippen molar-refractivity contribution in [2.75, 3.05) is 13.1 Å². The Hall–Kier alpha value is -1.25. The first-order valence-electron chi connectivity index (χ1n) is 6.81. The van der Waals surface area contributed by atoms with Crippen molar-refractivity contribution in [1.29, 1.82) is 0 Å². The van der Waals surface area contributed by atoms with Gasteiger partial charge in [-0.25, -0.2) is 13.2 Å². The molecule has 0 N–H and O–H groups in total. The molecule has 22 heavy (non-hydrogen) atoms. The van der Waals surface area contributed by atoms with Crippen molar-refractivity contribution in [2.45, 2.75) is 38.3 Å². The van der Waals surface area contributed by atoms with E-state index < -0.39 is 31.9 Å². The van der Waals surface area contributed by atoms with Gasteiger partial charge in [-0.2, -0.15) is 13.2 Å². The van der Waals surface area contributed by atoms with E-state index in [4.69, 9.17) is 4.74 Å². The Kier molecular flexibility index (Phi) is 4.00. The maximum absolute atomic E-state index is 12.5. The third-order valence-corrected chi connectivity index (χ3v) is 5.26. The molecule has 0 radical (unpaired) electrons. The van der Waals surface area contributed by atoms with Gasteiger partial charge in [0, 0.05) is 19.0 Å². The van der Waals surface area contributed by atoms with Crippen molar-refractivity contribution in [1.82, 2.24) is 4.90 Å². The topological polar surface area (TPSA) is 63.7 Å². The Morgan fingerprint density at radius 3 is 2.32 bits per heavy atom. The molecule has 2 aliphatic rings. The Balaban J connectivity index is 2.07. The maximum Gasteiger partial charge on any atom is 0.501 e. The van der Waals surface area contributed by atoms with Crippen LogP contribution in [-0.4, -0.2) is 43.6 Å². The molecule has 9 heteroatoms. The van der Waals surface area contributed by atoms with Gasteiger partial charge < -0.3 is 9.64 Å². The summed E-state index contributed by atoms with van der Waals surface area (Å²) in [4.78, 5) is 12.7. The van der Waals surface area contributed by atoms with Crippen LogP contribution >= 0.6 is 0 Å². The van der Waals surface area contributed by atoms with Crippen molar-refractivity contribution in [3.05, 3.63) is 11.0 Å². The molecule has 2 atom stereocenters. The molecule has 1 heterocycles. The third-order valence-electron chi connectivity index (χ3n) is 3.66. The fraction of sp³-hybridized carbons (Fsp3) is 0.769. The molecule has 0 aromatic rings. The second-order valence-corrected chi connectivity index (χ2v) is 8.59. The predicted octanol–water partition coefficient (Wildman–Crippen LogP) is 2.69. The Morgan fingerprint density at radius 2 is 1.86 bits per heavy atom. The standard InChI is InChI=1S/C13H18F3NO4S/c1-12(2,3)21-11(18)17-6-8-4-10(5-9(8)7-17)22(19,20)13(14,15)16/h4,8-9H,5-7H2,1-3H3. The van der Waals surface area contributed by atoms with E-state index in [1.165, 1.54) is 4.90 Å². The van der Waals surface area contributed by atoms with Gasteiger partial charge in [0.1, 0.15) is 5.60 Å². The van der Waals surface area contributed by atoms with Crippen molar-refractivity contribution in [3.8, 4) is 0 Å². The van der Waals surface area contributed by atoms with Gasteiger partial charge in [0.15, 0.2) is 0 Å². The van der Waals surface area contributed by atoms with Gasteiger partial charge >= 0.3 is 11.6 Å². The molecule has 0 aromatic carbocycles. The predicted molar refractivity (Wildman–Crippen MR) is 72.5 cm³/mol. The highest BCUT2D eigenvalue weighted by molar-refractivity contribution is 7.96. The molecule has 0 bridgehead atoms. The first kappa shape index (κ1) is 17.1. The molecular formula is C13H18F3NO4S. The van der Waals surface area contributed by atoms with E-state index in [2.05, 4.69) is 0 Å². The molecular weight excluding hydrogens is 323 g/mol. The molecule has 1 aliphatic carbocycles. The van der Waals surface area contributed by atoms with Gasteiger partial charge in [-0.3, -0.25) is 0 Å². The van der Waals surface area contributed by atoms with Crippen LogP contribution in [0.1, 0.15) is 27.2 Å². The smallest absolute Gasteiger partial charge is 0.444 e. The minimum atomic E-state index is -5.28. The van der Waals surface area contributed by atoms with E-state index in [1.807, 2.05) is 0 Å². The zero-order valence-corrected chi connectivity index (χ0v) is 13.3. The lowest BCUT2D eigenvalue weighted by molar-refractivity contribution is -0.0427. The summed E-state index contributed by atoms with van der Waals surface area (Å²) in [7, 11) is -5.26.